The van der Waals surface area contributed by atoms with E-state index in [1.807, 2.05) is 0 Å². The molecule has 2 atom stereocenters. The van der Waals surface area contributed by atoms with Gasteiger partial charge in [0, 0.05) is 5.38 Å². The zero-order valence-electron chi connectivity index (χ0n) is 7.06. The lowest BCUT2D eigenvalue weighted by Gasteiger charge is -2.37. The van der Waals surface area contributed by atoms with Crippen molar-refractivity contribution in [1.82, 2.24) is 0 Å². The van der Waals surface area contributed by atoms with Crippen LogP contribution < -0.4 is 0 Å². The third-order valence-corrected chi connectivity index (χ3v) is 3.86. The van der Waals surface area contributed by atoms with Crippen LogP contribution in [-0.4, -0.2) is 5.38 Å². The first-order valence-electron chi connectivity index (χ1n) is 5.00. The van der Waals surface area contributed by atoms with Crippen LogP contribution in [0.1, 0.15) is 44.9 Å². The highest BCUT2D eigenvalue weighted by Gasteiger charge is 2.30. The number of hydrogen-bond donors (Lipinski definition) is 0. The van der Waals surface area contributed by atoms with Gasteiger partial charge in [-0.25, -0.2) is 0 Å². The van der Waals surface area contributed by atoms with Crippen molar-refractivity contribution in [1.29, 1.82) is 0 Å². The van der Waals surface area contributed by atoms with Crippen molar-refractivity contribution in [2.75, 3.05) is 0 Å². The monoisotopic (exact) mass is 172 g/mol. The molecule has 0 aliphatic heterocycles. The van der Waals surface area contributed by atoms with Gasteiger partial charge in [-0.15, -0.1) is 11.6 Å². The van der Waals surface area contributed by atoms with Crippen molar-refractivity contribution >= 4 is 11.6 Å². The lowest BCUT2D eigenvalue weighted by Crippen LogP contribution is -2.27. The normalized spacial score (nSPS) is 40.1. The Bertz CT molecular complexity index is 129. The zero-order valence-corrected chi connectivity index (χ0v) is 7.82. The summed E-state index contributed by atoms with van der Waals surface area (Å²) in [7, 11) is 0. The Morgan fingerprint density at radius 1 is 0.818 bits per heavy atom. The van der Waals surface area contributed by atoms with Crippen molar-refractivity contribution in [3.63, 3.8) is 0 Å². The Balaban J connectivity index is 1.82. The smallest absolute Gasteiger partial charge is 0.0338 e. The summed E-state index contributed by atoms with van der Waals surface area (Å²) in [6.45, 7) is 0. The maximum Gasteiger partial charge on any atom is 0.0338 e. The van der Waals surface area contributed by atoms with Crippen molar-refractivity contribution in [3.05, 3.63) is 0 Å². The molecule has 0 heterocycles. The van der Waals surface area contributed by atoms with Gasteiger partial charge >= 0.3 is 0 Å². The number of alkyl halides is 1. The Hall–Kier alpha value is 0.290. The third-order valence-electron chi connectivity index (χ3n) is 3.47. The Labute approximate surface area is 74.3 Å². The minimum absolute atomic E-state index is 0.509. The molecule has 11 heavy (non-hydrogen) atoms. The third kappa shape index (κ3) is 1.72. The van der Waals surface area contributed by atoms with Gasteiger partial charge in [0.2, 0.25) is 0 Å². The van der Waals surface area contributed by atoms with E-state index in [1.54, 1.807) is 0 Å². The molecular weight excluding hydrogens is 156 g/mol. The van der Waals surface area contributed by atoms with Crippen molar-refractivity contribution in [3.8, 4) is 0 Å². The molecular formula is C10H17Cl. The average Bonchev–Trinajstić information content (AvgIpc) is 1.83. The maximum atomic E-state index is 6.14. The molecule has 2 aliphatic carbocycles. The summed E-state index contributed by atoms with van der Waals surface area (Å²) < 4.78 is 0. The highest BCUT2D eigenvalue weighted by molar-refractivity contribution is 6.20. The molecule has 0 aromatic carbocycles. The van der Waals surface area contributed by atoms with Crippen LogP contribution in [0.15, 0.2) is 0 Å². The molecule has 0 N–H and O–H groups in total. The minimum atomic E-state index is 0.509. The van der Waals surface area contributed by atoms with E-state index in [4.69, 9.17) is 11.6 Å². The summed E-state index contributed by atoms with van der Waals surface area (Å²) >= 11 is 6.14. The van der Waals surface area contributed by atoms with Crippen LogP contribution >= 0.6 is 11.6 Å². The number of rotatable bonds is 1. The van der Waals surface area contributed by atoms with E-state index in [-0.39, 0.29) is 0 Å². The first-order chi connectivity index (χ1) is 5.36. The molecule has 2 fully saturated rings. The molecule has 0 aromatic rings. The average molecular weight is 173 g/mol. The summed E-state index contributed by atoms with van der Waals surface area (Å²) in [5.74, 6) is 2.07. The summed E-state index contributed by atoms with van der Waals surface area (Å²) in [6, 6.07) is 0. The number of hydrogen-bond acceptors (Lipinski definition) is 0. The fourth-order valence-corrected chi connectivity index (χ4v) is 2.89. The molecule has 2 aliphatic rings. The van der Waals surface area contributed by atoms with E-state index in [9.17, 15) is 0 Å². The highest BCUT2D eigenvalue weighted by Crippen LogP contribution is 2.41. The van der Waals surface area contributed by atoms with Gasteiger partial charge in [-0.1, -0.05) is 32.1 Å². The van der Waals surface area contributed by atoms with Crippen LogP contribution in [0.4, 0.5) is 0 Å². The quantitative estimate of drug-likeness (QED) is 0.531. The van der Waals surface area contributed by atoms with E-state index in [0.29, 0.717) is 5.38 Å². The second kappa shape index (κ2) is 3.35. The molecule has 64 valence electrons. The van der Waals surface area contributed by atoms with Gasteiger partial charge in [0.05, 0.1) is 0 Å². The largest absolute Gasteiger partial charge is 0.123 e. The van der Waals surface area contributed by atoms with Gasteiger partial charge in [-0.05, 0) is 24.7 Å². The fraction of sp³-hybridized carbons (Fsp3) is 1.00. The van der Waals surface area contributed by atoms with Crippen LogP contribution in [0.5, 0.6) is 0 Å². The molecule has 2 rings (SSSR count). The van der Waals surface area contributed by atoms with E-state index in [1.165, 1.54) is 44.9 Å². The molecule has 0 spiro atoms. The Kier molecular flexibility index (Phi) is 2.41. The van der Waals surface area contributed by atoms with Gasteiger partial charge in [-0.2, -0.15) is 0 Å². The summed E-state index contributed by atoms with van der Waals surface area (Å²) in [4.78, 5) is 0. The van der Waals surface area contributed by atoms with Gasteiger partial charge in [0.25, 0.3) is 0 Å². The summed E-state index contributed by atoms with van der Waals surface area (Å²) in [5, 5.41) is 0.509. The van der Waals surface area contributed by atoms with Gasteiger partial charge in [0.1, 0.15) is 0 Å². The first-order valence-corrected chi connectivity index (χ1v) is 5.44. The lowest BCUT2D eigenvalue weighted by molar-refractivity contribution is 0.163. The number of halogens is 1. The van der Waals surface area contributed by atoms with Crippen molar-refractivity contribution < 1.29 is 0 Å². The van der Waals surface area contributed by atoms with E-state index in [2.05, 4.69) is 0 Å². The lowest BCUT2D eigenvalue weighted by atomic mass is 9.70. The molecule has 2 unspecified atom stereocenters. The minimum Gasteiger partial charge on any atom is -0.123 e. The molecule has 0 bridgehead atoms. The van der Waals surface area contributed by atoms with E-state index >= 15 is 0 Å². The standard InChI is InChI=1S/C10H17Cl/c11-10-6-2-5-9(7-10)8-3-1-4-8/h8-10H,1-7H2. The van der Waals surface area contributed by atoms with Gasteiger partial charge in [-0.3, -0.25) is 0 Å². The Morgan fingerprint density at radius 3 is 2.00 bits per heavy atom. The second-order valence-corrected chi connectivity index (χ2v) is 4.83. The maximum absolute atomic E-state index is 6.14. The molecule has 2 saturated carbocycles. The molecule has 0 amide bonds. The van der Waals surface area contributed by atoms with Crippen LogP contribution in [0, 0.1) is 11.8 Å². The van der Waals surface area contributed by atoms with Crippen LogP contribution in [0.3, 0.4) is 0 Å². The summed E-state index contributed by atoms with van der Waals surface area (Å²) in [5.41, 5.74) is 0. The zero-order chi connectivity index (χ0) is 7.68. The molecule has 0 aromatic heterocycles. The van der Waals surface area contributed by atoms with Crippen LogP contribution in [0.2, 0.25) is 0 Å². The van der Waals surface area contributed by atoms with E-state index in [0.717, 1.165) is 11.8 Å². The van der Waals surface area contributed by atoms with E-state index < -0.39 is 0 Å². The van der Waals surface area contributed by atoms with Gasteiger partial charge < -0.3 is 0 Å². The van der Waals surface area contributed by atoms with Crippen LogP contribution in [-0.2, 0) is 0 Å². The van der Waals surface area contributed by atoms with Crippen molar-refractivity contribution in [2.24, 2.45) is 11.8 Å². The molecule has 0 saturated heterocycles. The Morgan fingerprint density at radius 2 is 1.45 bits per heavy atom. The second-order valence-electron chi connectivity index (χ2n) is 4.21. The fourth-order valence-electron chi connectivity index (χ4n) is 2.51. The van der Waals surface area contributed by atoms with Gasteiger partial charge in [0.15, 0.2) is 0 Å². The van der Waals surface area contributed by atoms with Crippen molar-refractivity contribution in [2.45, 2.75) is 50.3 Å². The highest BCUT2D eigenvalue weighted by atomic mass is 35.5. The predicted octanol–water partition coefficient (Wildman–Crippen LogP) is 3.58. The topological polar surface area (TPSA) is 0 Å². The SMILES string of the molecule is ClC1CCCC(C2CCC2)C1. The predicted molar refractivity (Wildman–Crippen MR) is 48.9 cm³/mol. The molecule has 0 nitrogen and oxygen atoms in total. The molecule has 0 radical (unpaired) electrons. The van der Waals surface area contributed by atoms with Crippen LogP contribution in [0.25, 0.3) is 0 Å². The molecule has 1 heteroatoms. The first kappa shape index (κ1) is 7.91. The summed E-state index contributed by atoms with van der Waals surface area (Å²) in [6.07, 6.45) is 9.90.